The van der Waals surface area contributed by atoms with E-state index in [0.29, 0.717) is 32.3 Å². The molecule has 0 spiro atoms. The Labute approximate surface area is 126 Å². The normalized spacial score (nSPS) is 10.9. The van der Waals surface area contributed by atoms with Gasteiger partial charge in [-0.25, -0.2) is 0 Å². The van der Waals surface area contributed by atoms with Crippen molar-refractivity contribution in [2.24, 2.45) is 0 Å². The predicted molar refractivity (Wildman–Crippen MR) is 82.1 cm³/mol. The predicted octanol–water partition coefficient (Wildman–Crippen LogP) is 2.65. The van der Waals surface area contributed by atoms with E-state index in [-0.39, 0.29) is 6.42 Å². The first kappa shape index (κ1) is 17.3. The van der Waals surface area contributed by atoms with Gasteiger partial charge in [-0.05, 0) is 45.0 Å². The zero-order valence-electron chi connectivity index (χ0n) is 13.0. The first-order valence-corrected chi connectivity index (χ1v) is 7.34. The maximum Gasteiger partial charge on any atom is 0.304 e. The van der Waals surface area contributed by atoms with Gasteiger partial charge in [0.1, 0.15) is 18.1 Å². The van der Waals surface area contributed by atoms with Crippen molar-refractivity contribution in [1.29, 1.82) is 0 Å². The molecule has 0 saturated heterocycles. The molecule has 0 amide bonds. The van der Waals surface area contributed by atoms with Crippen LogP contribution in [-0.2, 0) is 4.79 Å². The number of nitrogens with zero attached hydrogens (tertiary/aromatic N) is 1. The molecule has 5 nitrogen and oxygen atoms in total. The molecule has 0 bridgehead atoms. The Hall–Kier alpha value is -1.75. The van der Waals surface area contributed by atoms with Crippen molar-refractivity contribution in [1.82, 2.24) is 4.90 Å². The van der Waals surface area contributed by atoms with Crippen LogP contribution in [0, 0.1) is 0 Å². The van der Waals surface area contributed by atoms with Crippen LogP contribution in [0.15, 0.2) is 24.3 Å². The number of carboxylic acid groups (broad SMARTS) is 1. The summed E-state index contributed by atoms with van der Waals surface area (Å²) >= 11 is 0. The van der Waals surface area contributed by atoms with Crippen LogP contribution in [0.3, 0.4) is 0 Å². The minimum atomic E-state index is -0.770. The van der Waals surface area contributed by atoms with E-state index in [9.17, 15) is 4.79 Å². The van der Waals surface area contributed by atoms with Crippen molar-refractivity contribution in [3.8, 4) is 11.5 Å². The lowest BCUT2D eigenvalue weighted by Crippen LogP contribution is -2.36. The number of ether oxygens (including phenoxy) is 2. The molecule has 21 heavy (non-hydrogen) atoms. The van der Waals surface area contributed by atoms with Gasteiger partial charge in [0.05, 0.1) is 13.0 Å². The van der Waals surface area contributed by atoms with E-state index in [1.54, 1.807) is 0 Å². The van der Waals surface area contributed by atoms with E-state index in [4.69, 9.17) is 14.6 Å². The number of benzene rings is 1. The topological polar surface area (TPSA) is 59.0 Å². The van der Waals surface area contributed by atoms with Crippen LogP contribution in [0.5, 0.6) is 11.5 Å². The van der Waals surface area contributed by atoms with Gasteiger partial charge in [0.15, 0.2) is 0 Å². The maximum atomic E-state index is 10.6. The largest absolute Gasteiger partial charge is 0.494 e. The van der Waals surface area contributed by atoms with Crippen LogP contribution >= 0.6 is 0 Å². The number of hydrogen-bond donors (Lipinski definition) is 1. The second kappa shape index (κ2) is 9.23. The minimum Gasteiger partial charge on any atom is -0.494 e. The fourth-order valence-corrected chi connectivity index (χ4v) is 1.95. The molecule has 0 fully saturated rings. The fraction of sp³-hybridized carbons (Fsp3) is 0.562. The third-order valence-corrected chi connectivity index (χ3v) is 3.13. The third kappa shape index (κ3) is 6.99. The average Bonchev–Trinajstić information content (AvgIpc) is 2.44. The molecule has 1 rings (SSSR count). The zero-order chi connectivity index (χ0) is 15.7. The summed E-state index contributed by atoms with van der Waals surface area (Å²) in [5.74, 6) is 0.851. The lowest BCUT2D eigenvalue weighted by Gasteiger charge is -2.25. The summed E-state index contributed by atoms with van der Waals surface area (Å²) in [6.07, 6.45) is 0.154. The molecule has 0 heterocycles. The summed E-state index contributed by atoms with van der Waals surface area (Å²) < 4.78 is 11.1. The van der Waals surface area contributed by atoms with Crippen molar-refractivity contribution in [2.75, 3.05) is 26.3 Å². The highest BCUT2D eigenvalue weighted by molar-refractivity contribution is 5.66. The molecule has 0 unspecified atom stereocenters. The Morgan fingerprint density at radius 1 is 1.14 bits per heavy atom. The average molecular weight is 295 g/mol. The monoisotopic (exact) mass is 295 g/mol. The molecule has 0 aliphatic carbocycles. The molecular formula is C16H25NO4. The number of carbonyl (C=O) groups is 1. The number of rotatable bonds is 10. The molecule has 118 valence electrons. The molecular weight excluding hydrogens is 270 g/mol. The molecule has 0 radical (unpaired) electrons. The maximum absolute atomic E-state index is 10.6. The summed E-state index contributed by atoms with van der Waals surface area (Å²) in [7, 11) is 0. The van der Waals surface area contributed by atoms with Crippen LogP contribution in [0.25, 0.3) is 0 Å². The quantitative estimate of drug-likeness (QED) is 0.719. The molecule has 0 saturated carbocycles. The molecule has 0 aliphatic heterocycles. The standard InChI is InChI=1S/C16H25NO4/c1-4-20-14-5-7-15(8-6-14)21-12-11-17(13(2)3)10-9-16(18)19/h5-8,13H,4,9-12H2,1-3H3,(H,18,19). The molecule has 0 aliphatic rings. The Balaban J connectivity index is 2.37. The van der Waals surface area contributed by atoms with Gasteiger partial charge in [-0.1, -0.05) is 0 Å². The summed E-state index contributed by atoms with van der Waals surface area (Å²) in [5.41, 5.74) is 0. The van der Waals surface area contributed by atoms with E-state index < -0.39 is 5.97 Å². The van der Waals surface area contributed by atoms with E-state index in [1.165, 1.54) is 0 Å². The van der Waals surface area contributed by atoms with Crippen LogP contribution in [0.1, 0.15) is 27.2 Å². The summed E-state index contributed by atoms with van der Waals surface area (Å²) in [6, 6.07) is 7.81. The highest BCUT2D eigenvalue weighted by Crippen LogP contribution is 2.17. The number of hydrogen-bond acceptors (Lipinski definition) is 4. The van der Waals surface area contributed by atoms with Gasteiger partial charge in [0.2, 0.25) is 0 Å². The summed E-state index contributed by atoms with van der Waals surface area (Å²) in [4.78, 5) is 12.7. The lowest BCUT2D eigenvalue weighted by molar-refractivity contribution is -0.137. The summed E-state index contributed by atoms with van der Waals surface area (Å²) in [6.45, 7) is 8.48. The smallest absolute Gasteiger partial charge is 0.304 e. The highest BCUT2D eigenvalue weighted by atomic mass is 16.5. The van der Waals surface area contributed by atoms with Gasteiger partial charge >= 0.3 is 5.97 Å². The van der Waals surface area contributed by atoms with Crippen molar-refractivity contribution in [2.45, 2.75) is 33.2 Å². The molecule has 1 aromatic rings. The molecule has 0 atom stereocenters. The van der Waals surface area contributed by atoms with Crippen molar-refractivity contribution >= 4 is 5.97 Å². The van der Waals surface area contributed by atoms with E-state index >= 15 is 0 Å². The Morgan fingerprint density at radius 3 is 2.19 bits per heavy atom. The van der Waals surface area contributed by atoms with Gasteiger partial charge in [0.25, 0.3) is 0 Å². The molecule has 0 aromatic heterocycles. The van der Waals surface area contributed by atoms with Crippen LogP contribution in [0.2, 0.25) is 0 Å². The van der Waals surface area contributed by atoms with Gasteiger partial charge in [-0.15, -0.1) is 0 Å². The van der Waals surface area contributed by atoms with Crippen LogP contribution in [-0.4, -0.2) is 48.3 Å². The Bertz CT molecular complexity index is 417. The third-order valence-electron chi connectivity index (χ3n) is 3.13. The van der Waals surface area contributed by atoms with Crippen LogP contribution < -0.4 is 9.47 Å². The van der Waals surface area contributed by atoms with E-state index in [1.807, 2.05) is 31.2 Å². The summed E-state index contributed by atoms with van der Waals surface area (Å²) in [5, 5.41) is 8.75. The molecule has 1 aromatic carbocycles. The van der Waals surface area contributed by atoms with E-state index in [0.717, 1.165) is 11.5 Å². The number of aliphatic carboxylic acids is 1. The zero-order valence-corrected chi connectivity index (χ0v) is 13.0. The van der Waals surface area contributed by atoms with Gasteiger partial charge in [0, 0.05) is 19.1 Å². The van der Waals surface area contributed by atoms with Crippen LogP contribution in [0.4, 0.5) is 0 Å². The van der Waals surface area contributed by atoms with Gasteiger partial charge < -0.3 is 14.6 Å². The highest BCUT2D eigenvalue weighted by Gasteiger charge is 2.11. The van der Waals surface area contributed by atoms with Crippen molar-refractivity contribution < 1.29 is 19.4 Å². The second-order valence-electron chi connectivity index (χ2n) is 5.03. The number of carboxylic acids is 1. The van der Waals surface area contributed by atoms with Crippen molar-refractivity contribution in [3.63, 3.8) is 0 Å². The van der Waals surface area contributed by atoms with E-state index in [2.05, 4.69) is 18.7 Å². The molecule has 5 heteroatoms. The van der Waals surface area contributed by atoms with Gasteiger partial charge in [-0.2, -0.15) is 0 Å². The Morgan fingerprint density at radius 2 is 1.71 bits per heavy atom. The minimum absolute atomic E-state index is 0.154. The molecule has 1 N–H and O–H groups in total. The first-order valence-electron chi connectivity index (χ1n) is 7.34. The van der Waals surface area contributed by atoms with Gasteiger partial charge in [-0.3, -0.25) is 9.69 Å². The first-order chi connectivity index (χ1) is 10.0. The SMILES string of the molecule is CCOc1ccc(OCCN(CCC(=O)O)C(C)C)cc1. The fourth-order valence-electron chi connectivity index (χ4n) is 1.95. The second-order valence-corrected chi connectivity index (χ2v) is 5.03. The lowest BCUT2D eigenvalue weighted by atomic mass is 10.3. The Kier molecular flexibility index (Phi) is 7.61. The van der Waals surface area contributed by atoms with Crippen molar-refractivity contribution in [3.05, 3.63) is 24.3 Å².